The van der Waals surface area contributed by atoms with Crippen LogP contribution in [0.4, 0.5) is 0 Å². The van der Waals surface area contributed by atoms with Gasteiger partial charge in [0.05, 0.1) is 11.5 Å². The molecule has 0 saturated carbocycles. The Balaban J connectivity index is 2.22. The van der Waals surface area contributed by atoms with Gasteiger partial charge in [0.25, 0.3) is 0 Å². The molecule has 1 aliphatic heterocycles. The van der Waals surface area contributed by atoms with Gasteiger partial charge in [0, 0.05) is 12.8 Å². The molecule has 0 spiro atoms. The molecule has 15 heavy (non-hydrogen) atoms. The van der Waals surface area contributed by atoms with E-state index in [0.29, 0.717) is 19.4 Å². The van der Waals surface area contributed by atoms with Gasteiger partial charge in [0.2, 0.25) is 0 Å². The van der Waals surface area contributed by atoms with E-state index in [0.717, 1.165) is 23.5 Å². The zero-order chi connectivity index (χ0) is 10.9. The van der Waals surface area contributed by atoms with Crippen molar-refractivity contribution in [2.45, 2.75) is 19.3 Å². The van der Waals surface area contributed by atoms with E-state index >= 15 is 0 Å². The lowest BCUT2D eigenvalue weighted by Crippen LogP contribution is -2.10. The van der Waals surface area contributed by atoms with E-state index in [9.17, 15) is 8.42 Å². The van der Waals surface area contributed by atoms with Crippen LogP contribution < -0.4 is 5.73 Å². The van der Waals surface area contributed by atoms with Crippen LogP contribution in [0.3, 0.4) is 0 Å². The van der Waals surface area contributed by atoms with Gasteiger partial charge in [-0.05, 0) is 24.6 Å². The number of fused-ring (bicyclic) bond motifs is 1. The maximum absolute atomic E-state index is 11.4. The average molecular weight is 229 g/mol. The Hall–Kier alpha value is -0.810. The molecule has 4 nitrogen and oxygen atoms in total. The summed E-state index contributed by atoms with van der Waals surface area (Å²) in [6.45, 7) is 0.560. The lowest BCUT2D eigenvalue weighted by atomic mass is 10.1. The van der Waals surface area contributed by atoms with Crippen molar-refractivity contribution in [2.24, 2.45) is 5.73 Å². The molecule has 0 atom stereocenters. The number of hydrogen-bond donors (Lipinski definition) is 1. The molecule has 2 N–H and O–H groups in total. The van der Waals surface area contributed by atoms with Crippen molar-refractivity contribution in [1.82, 2.24) is 0 Å². The molecule has 0 radical (unpaired) electrons. The van der Waals surface area contributed by atoms with Gasteiger partial charge in [-0.2, -0.15) is 0 Å². The normalized spacial score (nSPS) is 19.5. The molecule has 0 aliphatic carbocycles. The standard InChI is InChI=1S/C10H15NO3S/c11-4-1-9-7-8-2-5-15(12,13)6-3-10(8)14-9/h7H,1-6,11H2. The van der Waals surface area contributed by atoms with Gasteiger partial charge in [-0.25, -0.2) is 8.42 Å². The van der Waals surface area contributed by atoms with E-state index in [1.807, 2.05) is 6.07 Å². The predicted octanol–water partition coefficient (Wildman–Crippen LogP) is 0.294. The van der Waals surface area contributed by atoms with E-state index in [-0.39, 0.29) is 11.5 Å². The first kappa shape index (κ1) is 10.7. The fourth-order valence-electron chi connectivity index (χ4n) is 1.83. The van der Waals surface area contributed by atoms with Crippen LogP contribution in [0.2, 0.25) is 0 Å². The second-order valence-electron chi connectivity index (χ2n) is 3.85. The lowest BCUT2D eigenvalue weighted by Gasteiger charge is -1.96. The van der Waals surface area contributed by atoms with Crippen molar-refractivity contribution in [2.75, 3.05) is 18.1 Å². The Morgan fingerprint density at radius 3 is 2.80 bits per heavy atom. The lowest BCUT2D eigenvalue weighted by molar-refractivity contribution is 0.468. The van der Waals surface area contributed by atoms with Gasteiger partial charge in [-0.15, -0.1) is 0 Å². The average Bonchev–Trinajstić information content (AvgIpc) is 2.50. The van der Waals surface area contributed by atoms with Crippen LogP contribution in [0.1, 0.15) is 17.1 Å². The monoisotopic (exact) mass is 229 g/mol. The summed E-state index contributed by atoms with van der Waals surface area (Å²) in [7, 11) is -2.87. The molecule has 84 valence electrons. The van der Waals surface area contributed by atoms with Crippen molar-refractivity contribution in [3.8, 4) is 0 Å². The smallest absolute Gasteiger partial charge is 0.151 e. The van der Waals surface area contributed by atoms with Gasteiger partial charge in [-0.3, -0.25) is 0 Å². The minimum Gasteiger partial charge on any atom is -0.466 e. The molecule has 1 aromatic rings. The van der Waals surface area contributed by atoms with Crippen molar-refractivity contribution in [3.05, 3.63) is 23.2 Å². The Bertz CT molecular complexity index is 416. The molecule has 0 saturated heterocycles. The number of nitrogens with two attached hydrogens (primary N) is 1. The highest BCUT2D eigenvalue weighted by molar-refractivity contribution is 7.91. The second-order valence-corrected chi connectivity index (χ2v) is 6.16. The fraction of sp³-hybridized carbons (Fsp3) is 0.600. The van der Waals surface area contributed by atoms with Crippen LogP contribution in [0.5, 0.6) is 0 Å². The molecular formula is C10H15NO3S. The van der Waals surface area contributed by atoms with E-state index in [1.54, 1.807) is 0 Å². The van der Waals surface area contributed by atoms with Crippen molar-refractivity contribution in [3.63, 3.8) is 0 Å². The van der Waals surface area contributed by atoms with E-state index in [2.05, 4.69) is 0 Å². The topological polar surface area (TPSA) is 73.3 Å². The van der Waals surface area contributed by atoms with Gasteiger partial charge in [0.1, 0.15) is 11.5 Å². The molecule has 2 rings (SSSR count). The van der Waals surface area contributed by atoms with Crippen LogP contribution in [0.15, 0.2) is 10.5 Å². The van der Waals surface area contributed by atoms with Gasteiger partial charge >= 0.3 is 0 Å². The second kappa shape index (κ2) is 3.98. The minimum atomic E-state index is -2.87. The first-order valence-electron chi connectivity index (χ1n) is 5.12. The fourth-order valence-corrected chi connectivity index (χ4v) is 3.06. The zero-order valence-electron chi connectivity index (χ0n) is 8.53. The van der Waals surface area contributed by atoms with Crippen molar-refractivity contribution < 1.29 is 12.8 Å². The highest BCUT2D eigenvalue weighted by Gasteiger charge is 2.21. The molecule has 0 amide bonds. The molecule has 1 aliphatic rings. The number of aryl methyl sites for hydroxylation is 2. The molecule has 0 bridgehead atoms. The Kier molecular flexibility index (Phi) is 2.84. The van der Waals surface area contributed by atoms with Gasteiger partial charge in [0.15, 0.2) is 9.84 Å². The van der Waals surface area contributed by atoms with Crippen LogP contribution in [-0.2, 0) is 29.1 Å². The molecular weight excluding hydrogens is 214 g/mol. The number of hydrogen-bond acceptors (Lipinski definition) is 4. The van der Waals surface area contributed by atoms with Crippen LogP contribution >= 0.6 is 0 Å². The first-order chi connectivity index (χ1) is 7.11. The number of sulfone groups is 1. The summed E-state index contributed by atoms with van der Waals surface area (Å²) < 4.78 is 28.3. The Morgan fingerprint density at radius 1 is 1.33 bits per heavy atom. The summed E-state index contributed by atoms with van der Waals surface area (Å²) in [5.74, 6) is 2.15. The minimum absolute atomic E-state index is 0.204. The molecule has 0 fully saturated rings. The molecule has 5 heteroatoms. The Labute approximate surface area is 89.4 Å². The maximum Gasteiger partial charge on any atom is 0.151 e. The third-order valence-corrected chi connectivity index (χ3v) is 4.31. The number of furan rings is 1. The Morgan fingerprint density at radius 2 is 2.07 bits per heavy atom. The van der Waals surface area contributed by atoms with Gasteiger partial charge in [-0.1, -0.05) is 0 Å². The van der Waals surface area contributed by atoms with E-state index < -0.39 is 9.84 Å². The summed E-state index contributed by atoms with van der Waals surface area (Å²) >= 11 is 0. The summed E-state index contributed by atoms with van der Waals surface area (Å²) in [6.07, 6.45) is 1.80. The molecule has 1 aromatic heterocycles. The summed E-state index contributed by atoms with van der Waals surface area (Å²) in [5.41, 5.74) is 6.48. The first-order valence-corrected chi connectivity index (χ1v) is 6.94. The maximum atomic E-state index is 11.4. The largest absolute Gasteiger partial charge is 0.466 e. The highest BCUT2D eigenvalue weighted by Crippen LogP contribution is 2.21. The number of rotatable bonds is 2. The van der Waals surface area contributed by atoms with Crippen LogP contribution in [-0.4, -0.2) is 26.5 Å². The third kappa shape index (κ3) is 2.41. The van der Waals surface area contributed by atoms with Crippen molar-refractivity contribution >= 4 is 9.84 Å². The predicted molar refractivity (Wildman–Crippen MR) is 57.5 cm³/mol. The molecule has 0 aromatic carbocycles. The van der Waals surface area contributed by atoms with E-state index in [1.165, 1.54) is 0 Å². The summed E-state index contributed by atoms with van der Waals surface area (Å²) in [4.78, 5) is 0. The highest BCUT2D eigenvalue weighted by atomic mass is 32.2. The van der Waals surface area contributed by atoms with Crippen LogP contribution in [0.25, 0.3) is 0 Å². The quantitative estimate of drug-likeness (QED) is 0.791. The van der Waals surface area contributed by atoms with Crippen molar-refractivity contribution in [1.29, 1.82) is 0 Å². The summed E-state index contributed by atoms with van der Waals surface area (Å²) in [6, 6.07) is 1.95. The van der Waals surface area contributed by atoms with E-state index in [4.69, 9.17) is 10.2 Å². The third-order valence-electron chi connectivity index (χ3n) is 2.66. The summed E-state index contributed by atoms with van der Waals surface area (Å²) in [5, 5.41) is 0. The SMILES string of the molecule is NCCc1cc2c(o1)CCS(=O)(=O)CC2. The van der Waals surface area contributed by atoms with Gasteiger partial charge < -0.3 is 10.2 Å². The molecule has 2 heterocycles. The molecule has 0 unspecified atom stereocenters. The van der Waals surface area contributed by atoms with Crippen LogP contribution in [0, 0.1) is 0 Å². The zero-order valence-corrected chi connectivity index (χ0v) is 9.35.